The van der Waals surface area contributed by atoms with Crippen molar-refractivity contribution in [1.29, 1.82) is 0 Å². The third-order valence-corrected chi connectivity index (χ3v) is 5.36. The number of alkyl halides is 1. The van der Waals surface area contributed by atoms with Crippen LogP contribution in [0.4, 0.5) is 4.39 Å². The van der Waals surface area contributed by atoms with E-state index in [2.05, 4.69) is 53.2 Å². The lowest BCUT2D eigenvalue weighted by molar-refractivity contribution is 0.0125. The Morgan fingerprint density at radius 2 is 1.46 bits per heavy atom. The maximum absolute atomic E-state index is 14.0. The van der Waals surface area contributed by atoms with Gasteiger partial charge in [-0.25, -0.2) is 4.39 Å². The van der Waals surface area contributed by atoms with E-state index in [0.717, 1.165) is 39.0 Å². The van der Waals surface area contributed by atoms with E-state index in [9.17, 15) is 4.39 Å². The van der Waals surface area contributed by atoms with E-state index >= 15 is 0 Å². The molecule has 0 spiro atoms. The van der Waals surface area contributed by atoms with E-state index in [0.29, 0.717) is 0 Å². The van der Waals surface area contributed by atoms with Crippen molar-refractivity contribution in [3.63, 3.8) is 0 Å². The van der Waals surface area contributed by atoms with Crippen LogP contribution < -0.4 is 0 Å². The summed E-state index contributed by atoms with van der Waals surface area (Å²) < 4.78 is 14.0. The number of hydrogen-bond acceptors (Lipinski definition) is 2. The van der Waals surface area contributed by atoms with E-state index in [4.69, 9.17) is 0 Å². The third-order valence-electron chi connectivity index (χ3n) is 5.36. The van der Waals surface area contributed by atoms with Gasteiger partial charge in [-0.2, -0.15) is 0 Å². The Kier molecular flexibility index (Phi) is 5.64. The first-order valence-corrected chi connectivity index (χ1v) is 8.79. The number of halogens is 1. The van der Waals surface area contributed by atoms with Crippen molar-refractivity contribution < 1.29 is 4.39 Å². The second kappa shape index (κ2) is 7.91. The molecular formula is C21H27FN2. The van der Waals surface area contributed by atoms with Gasteiger partial charge in [0.15, 0.2) is 0 Å². The Balaban J connectivity index is 1.59. The van der Waals surface area contributed by atoms with Gasteiger partial charge in [0.25, 0.3) is 0 Å². The maximum Gasteiger partial charge on any atom is 0.108 e. The molecule has 2 nitrogen and oxygen atoms in total. The summed E-state index contributed by atoms with van der Waals surface area (Å²) in [6.45, 7) is 3.42. The van der Waals surface area contributed by atoms with Crippen molar-refractivity contribution in [2.45, 2.75) is 31.5 Å². The second-order valence-corrected chi connectivity index (χ2v) is 6.96. The average Bonchev–Trinajstić information content (AvgIpc) is 2.64. The molecule has 1 aliphatic rings. The van der Waals surface area contributed by atoms with Crippen LogP contribution in [0.1, 0.15) is 24.0 Å². The maximum atomic E-state index is 14.0. The van der Waals surface area contributed by atoms with E-state index < -0.39 is 0 Å². The van der Waals surface area contributed by atoms with Crippen molar-refractivity contribution >= 4 is 0 Å². The summed E-state index contributed by atoms with van der Waals surface area (Å²) in [5.41, 5.74) is 2.27. The number of hydrogen-bond donors (Lipinski definition) is 0. The van der Waals surface area contributed by atoms with E-state index in [-0.39, 0.29) is 12.2 Å². The molecule has 3 heteroatoms. The normalized spacial score (nSPS) is 18.0. The van der Waals surface area contributed by atoms with Gasteiger partial charge < -0.3 is 0 Å². The number of benzene rings is 2. The number of piperidine rings is 1. The summed E-state index contributed by atoms with van der Waals surface area (Å²) in [6, 6.07) is 20.9. The molecule has 128 valence electrons. The fourth-order valence-corrected chi connectivity index (χ4v) is 3.61. The Morgan fingerprint density at radius 1 is 0.917 bits per heavy atom. The highest BCUT2D eigenvalue weighted by Gasteiger charge is 2.38. The number of likely N-dealkylation sites (tertiary alicyclic amines) is 1. The van der Waals surface area contributed by atoms with Crippen LogP contribution in [-0.4, -0.2) is 42.2 Å². The molecule has 24 heavy (non-hydrogen) atoms. The van der Waals surface area contributed by atoms with Crippen molar-refractivity contribution in [3.8, 4) is 0 Å². The lowest BCUT2D eigenvalue weighted by Gasteiger charge is -2.46. The molecule has 0 N–H and O–H groups in total. The standard InChI is InChI=1S/C21H27FN2/c1-23(16-19-8-4-2-5-9-19)21(18-22)12-14-24(15-13-21)17-20-10-6-3-7-11-20/h2-11H,12-18H2,1H3. The molecule has 0 unspecified atom stereocenters. The third kappa shape index (κ3) is 4.03. The van der Waals surface area contributed by atoms with Gasteiger partial charge in [-0.15, -0.1) is 0 Å². The van der Waals surface area contributed by atoms with E-state index in [1.165, 1.54) is 11.1 Å². The van der Waals surface area contributed by atoms with Crippen molar-refractivity contribution in [2.75, 3.05) is 26.8 Å². The van der Waals surface area contributed by atoms with Crippen LogP contribution in [0.3, 0.4) is 0 Å². The van der Waals surface area contributed by atoms with Crippen LogP contribution in [0, 0.1) is 0 Å². The average molecular weight is 326 g/mol. The largest absolute Gasteiger partial charge is 0.299 e. The summed E-state index contributed by atoms with van der Waals surface area (Å²) in [6.07, 6.45) is 1.78. The minimum atomic E-state index is -0.316. The van der Waals surface area contributed by atoms with Gasteiger partial charge >= 0.3 is 0 Å². The second-order valence-electron chi connectivity index (χ2n) is 6.96. The Hall–Kier alpha value is -1.71. The van der Waals surface area contributed by atoms with Gasteiger partial charge in [-0.1, -0.05) is 60.7 Å². The quantitative estimate of drug-likeness (QED) is 0.788. The molecule has 0 aliphatic carbocycles. The lowest BCUT2D eigenvalue weighted by atomic mass is 9.86. The number of nitrogens with zero attached hydrogens (tertiary/aromatic N) is 2. The first kappa shape index (κ1) is 17.1. The van der Waals surface area contributed by atoms with E-state index in [1.807, 2.05) is 24.3 Å². The smallest absolute Gasteiger partial charge is 0.108 e. The molecule has 2 aromatic carbocycles. The Labute approximate surface area is 144 Å². The van der Waals surface area contributed by atoms with Gasteiger partial charge in [0.1, 0.15) is 6.67 Å². The molecular weight excluding hydrogens is 299 g/mol. The molecule has 1 heterocycles. The molecule has 0 bridgehead atoms. The highest BCUT2D eigenvalue weighted by Crippen LogP contribution is 2.30. The fourth-order valence-electron chi connectivity index (χ4n) is 3.61. The topological polar surface area (TPSA) is 6.48 Å². The number of rotatable bonds is 6. The summed E-state index contributed by atoms with van der Waals surface area (Å²) in [7, 11) is 2.07. The van der Waals surface area contributed by atoms with Crippen LogP contribution in [0.15, 0.2) is 60.7 Å². The highest BCUT2D eigenvalue weighted by molar-refractivity contribution is 5.16. The van der Waals surface area contributed by atoms with Gasteiger partial charge in [-0.05, 0) is 31.0 Å². The monoisotopic (exact) mass is 326 g/mol. The molecule has 1 saturated heterocycles. The van der Waals surface area contributed by atoms with Crippen LogP contribution in [-0.2, 0) is 13.1 Å². The minimum absolute atomic E-state index is 0.268. The van der Waals surface area contributed by atoms with Crippen LogP contribution in [0.25, 0.3) is 0 Å². The summed E-state index contributed by atoms with van der Waals surface area (Å²) in [5, 5.41) is 0. The van der Waals surface area contributed by atoms with Crippen molar-refractivity contribution in [1.82, 2.24) is 9.80 Å². The zero-order chi connectivity index (χ0) is 16.8. The molecule has 0 atom stereocenters. The molecule has 0 amide bonds. The zero-order valence-corrected chi connectivity index (χ0v) is 14.5. The predicted octanol–water partition coefficient (Wildman–Crippen LogP) is 4.12. The van der Waals surface area contributed by atoms with Crippen molar-refractivity contribution in [2.24, 2.45) is 0 Å². The molecule has 3 rings (SSSR count). The molecule has 0 saturated carbocycles. The molecule has 1 aliphatic heterocycles. The van der Waals surface area contributed by atoms with Gasteiger partial charge in [0.05, 0.1) is 5.54 Å². The molecule has 0 radical (unpaired) electrons. The molecule has 2 aromatic rings. The van der Waals surface area contributed by atoms with Crippen molar-refractivity contribution in [3.05, 3.63) is 71.8 Å². The zero-order valence-electron chi connectivity index (χ0n) is 14.5. The summed E-state index contributed by atoms with van der Waals surface area (Å²) >= 11 is 0. The Morgan fingerprint density at radius 3 is 2.00 bits per heavy atom. The molecule has 0 aromatic heterocycles. The SMILES string of the molecule is CN(Cc1ccccc1)C1(CF)CCN(Cc2ccccc2)CC1. The lowest BCUT2D eigenvalue weighted by Crippen LogP contribution is -2.55. The van der Waals surface area contributed by atoms with E-state index in [1.54, 1.807) is 0 Å². The van der Waals surface area contributed by atoms with Crippen LogP contribution >= 0.6 is 0 Å². The first-order valence-electron chi connectivity index (χ1n) is 8.79. The first-order chi connectivity index (χ1) is 11.7. The molecule has 1 fully saturated rings. The van der Waals surface area contributed by atoms with Gasteiger partial charge in [-0.3, -0.25) is 9.80 Å². The summed E-state index contributed by atoms with van der Waals surface area (Å²) in [4.78, 5) is 4.67. The summed E-state index contributed by atoms with van der Waals surface area (Å²) in [5.74, 6) is 0. The van der Waals surface area contributed by atoms with Gasteiger partial charge in [0.2, 0.25) is 0 Å². The van der Waals surface area contributed by atoms with Crippen LogP contribution in [0.2, 0.25) is 0 Å². The predicted molar refractivity (Wildman–Crippen MR) is 97.6 cm³/mol. The van der Waals surface area contributed by atoms with Crippen LogP contribution in [0.5, 0.6) is 0 Å². The van der Waals surface area contributed by atoms with Gasteiger partial charge in [0, 0.05) is 26.2 Å². The highest BCUT2D eigenvalue weighted by atomic mass is 19.1. The fraction of sp³-hybridized carbons (Fsp3) is 0.429. The minimum Gasteiger partial charge on any atom is -0.299 e. The Bertz CT molecular complexity index is 606.